The molecule has 0 fully saturated rings. The van der Waals surface area contributed by atoms with E-state index in [1.807, 2.05) is 12.3 Å². The summed E-state index contributed by atoms with van der Waals surface area (Å²) < 4.78 is 2.26. The summed E-state index contributed by atoms with van der Waals surface area (Å²) in [6, 6.07) is 49.6. The van der Waals surface area contributed by atoms with E-state index in [0.717, 1.165) is 83.6 Å². The van der Waals surface area contributed by atoms with Crippen LogP contribution in [0.15, 0.2) is 146 Å². The van der Waals surface area contributed by atoms with Gasteiger partial charge in [-0.3, -0.25) is 9.55 Å². The maximum absolute atomic E-state index is 12.4. The predicted octanol–water partition coefficient (Wildman–Crippen LogP) is 14.7. The summed E-state index contributed by atoms with van der Waals surface area (Å²) in [5.74, 6) is 0.969. The molecule has 1 N–H and O–H groups in total. The van der Waals surface area contributed by atoms with E-state index >= 15 is 0 Å². The van der Waals surface area contributed by atoms with E-state index in [2.05, 4.69) is 207 Å². The molecule has 59 heavy (non-hydrogen) atoms. The smallest absolute Gasteiger partial charge is 0.149 e. The van der Waals surface area contributed by atoms with Crippen molar-refractivity contribution < 1.29 is 5.11 Å². The lowest BCUT2D eigenvalue weighted by molar-refractivity contribution is 0.446. The average molecular weight is 774 g/mol. The molecule has 0 saturated heterocycles. The number of imidazole rings is 1. The first-order valence-corrected chi connectivity index (χ1v) is 20.7. The predicted molar refractivity (Wildman–Crippen MR) is 249 cm³/mol. The van der Waals surface area contributed by atoms with Crippen molar-refractivity contribution in [2.75, 3.05) is 0 Å². The Bertz CT molecular complexity index is 2830. The van der Waals surface area contributed by atoms with Crippen LogP contribution in [0.2, 0.25) is 0 Å². The van der Waals surface area contributed by atoms with E-state index in [0.29, 0.717) is 5.82 Å². The second-order valence-electron chi connectivity index (χ2n) is 19.1. The van der Waals surface area contributed by atoms with Gasteiger partial charge in [-0.25, -0.2) is 4.98 Å². The number of phenols is 1. The fourth-order valence-corrected chi connectivity index (χ4v) is 8.04. The molecule has 0 spiro atoms. The van der Waals surface area contributed by atoms with Gasteiger partial charge < -0.3 is 5.11 Å². The molecule has 0 aliphatic heterocycles. The molecule has 8 aromatic rings. The van der Waals surface area contributed by atoms with Gasteiger partial charge in [0.25, 0.3) is 0 Å². The monoisotopic (exact) mass is 773 g/mol. The summed E-state index contributed by atoms with van der Waals surface area (Å²) >= 11 is 0. The lowest BCUT2D eigenvalue weighted by Gasteiger charge is -2.27. The number of aromatic nitrogens is 3. The minimum Gasteiger partial charge on any atom is -0.507 e. The zero-order chi connectivity index (χ0) is 41.9. The largest absolute Gasteiger partial charge is 0.507 e. The molecule has 0 saturated carbocycles. The van der Waals surface area contributed by atoms with E-state index in [1.54, 1.807) is 0 Å². The maximum atomic E-state index is 12.4. The highest BCUT2D eigenvalue weighted by Crippen LogP contribution is 2.45. The van der Waals surface area contributed by atoms with Crippen molar-refractivity contribution in [3.05, 3.63) is 168 Å². The second kappa shape index (κ2) is 14.8. The van der Waals surface area contributed by atoms with Crippen LogP contribution < -0.4 is 0 Å². The van der Waals surface area contributed by atoms with Crippen LogP contribution in [0.25, 0.3) is 72.7 Å². The van der Waals surface area contributed by atoms with Gasteiger partial charge in [0, 0.05) is 28.6 Å². The molecule has 296 valence electrons. The van der Waals surface area contributed by atoms with Crippen molar-refractivity contribution in [2.24, 2.45) is 0 Å². The normalized spacial score (nSPS) is 12.3. The van der Waals surface area contributed by atoms with E-state index in [4.69, 9.17) is 9.97 Å². The number of phenolic OH excluding ortho intramolecular Hbond substituents is 1. The Hall–Kier alpha value is -6.26. The summed E-state index contributed by atoms with van der Waals surface area (Å²) in [6.07, 6.45) is 1.91. The molecule has 0 aliphatic rings. The van der Waals surface area contributed by atoms with Crippen molar-refractivity contribution >= 4 is 11.0 Å². The highest BCUT2D eigenvalue weighted by Gasteiger charge is 2.29. The molecule has 0 aliphatic carbocycles. The van der Waals surface area contributed by atoms with Gasteiger partial charge in [-0.1, -0.05) is 153 Å². The summed E-state index contributed by atoms with van der Waals surface area (Å²) in [5, 5.41) is 12.4. The number of fused-ring (bicyclic) bond motifs is 1. The molecular weight excluding hydrogens is 719 g/mol. The first kappa shape index (κ1) is 39.6. The van der Waals surface area contributed by atoms with Crippen LogP contribution in [0.1, 0.15) is 84.6 Å². The summed E-state index contributed by atoms with van der Waals surface area (Å²) in [6.45, 7) is 22.1. The third-order valence-corrected chi connectivity index (χ3v) is 11.4. The molecule has 0 radical (unpaired) electrons. The zero-order valence-corrected chi connectivity index (χ0v) is 36.1. The van der Waals surface area contributed by atoms with Crippen LogP contribution in [0, 0.1) is 6.92 Å². The topological polar surface area (TPSA) is 50.9 Å². The van der Waals surface area contributed by atoms with E-state index in [-0.39, 0.29) is 22.0 Å². The Morgan fingerprint density at radius 1 is 0.492 bits per heavy atom. The van der Waals surface area contributed by atoms with Crippen molar-refractivity contribution in [3.8, 4) is 67.5 Å². The van der Waals surface area contributed by atoms with Crippen LogP contribution in [0.5, 0.6) is 5.75 Å². The molecule has 2 heterocycles. The molecule has 2 aromatic heterocycles. The molecule has 8 rings (SSSR count). The van der Waals surface area contributed by atoms with E-state index in [1.165, 1.54) is 5.56 Å². The maximum Gasteiger partial charge on any atom is 0.149 e. The molecule has 4 nitrogen and oxygen atoms in total. The molecule has 4 heteroatoms. The fraction of sp³-hybridized carbons (Fsp3) is 0.236. The quantitative estimate of drug-likeness (QED) is 0.183. The Labute approximate surface area is 350 Å². The van der Waals surface area contributed by atoms with Crippen molar-refractivity contribution in [3.63, 3.8) is 0 Å². The second-order valence-corrected chi connectivity index (χ2v) is 19.1. The molecule has 0 amide bonds. The highest BCUT2D eigenvalue weighted by atomic mass is 16.3. The van der Waals surface area contributed by atoms with Gasteiger partial charge in [0.2, 0.25) is 0 Å². The Morgan fingerprint density at radius 3 is 1.76 bits per heavy atom. The number of nitrogens with zero attached hydrogens (tertiary/aromatic N) is 3. The van der Waals surface area contributed by atoms with E-state index < -0.39 is 0 Å². The van der Waals surface area contributed by atoms with Crippen molar-refractivity contribution in [2.45, 2.75) is 85.5 Å². The van der Waals surface area contributed by atoms with Crippen LogP contribution >= 0.6 is 0 Å². The number of hydrogen-bond donors (Lipinski definition) is 1. The molecule has 0 atom stereocenters. The minimum atomic E-state index is -0.304. The summed E-state index contributed by atoms with van der Waals surface area (Å²) in [5.41, 5.74) is 16.0. The fourth-order valence-electron chi connectivity index (χ4n) is 8.04. The molecule has 0 unspecified atom stereocenters. The number of rotatable bonds is 6. The Morgan fingerprint density at radius 2 is 1.12 bits per heavy atom. The number of benzene rings is 6. The molecule has 6 aromatic carbocycles. The van der Waals surface area contributed by atoms with Crippen LogP contribution in [0.3, 0.4) is 0 Å². The first-order chi connectivity index (χ1) is 28.0. The number of para-hydroxylation sites is 1. The third kappa shape index (κ3) is 7.84. The minimum absolute atomic E-state index is 0.127. The lowest BCUT2D eigenvalue weighted by Crippen LogP contribution is -2.17. The van der Waals surface area contributed by atoms with Crippen LogP contribution in [-0.2, 0) is 16.2 Å². The number of aromatic hydroxyl groups is 1. The summed E-state index contributed by atoms with van der Waals surface area (Å²) in [7, 11) is 0. The first-order valence-electron chi connectivity index (χ1n) is 20.7. The molecular formula is C55H55N3O. The van der Waals surface area contributed by atoms with Crippen LogP contribution in [0.4, 0.5) is 0 Å². The van der Waals surface area contributed by atoms with Gasteiger partial charge in [-0.15, -0.1) is 0 Å². The standard InChI is InChI=1S/C55H55N3O/c1-35-26-39(37-20-15-12-16-21-37)31-44(27-35)58-49-23-17-22-45(50(49)57-52(58)46-33-43(54(5,6)7)34-47(51(46)59)55(8,9)10)40-28-41(30-42(29-40)53(2,3)4)48-32-38(24-25-56-48)36-18-13-11-14-19-36/h11-34,59H,1-10H3. The zero-order valence-electron chi connectivity index (χ0n) is 36.1. The Kier molecular flexibility index (Phi) is 9.95. The summed E-state index contributed by atoms with van der Waals surface area (Å²) in [4.78, 5) is 10.5. The Balaban J connectivity index is 1.43. The number of hydrogen-bond acceptors (Lipinski definition) is 3. The van der Waals surface area contributed by atoms with Gasteiger partial charge in [0.1, 0.15) is 11.6 Å². The van der Waals surface area contributed by atoms with Gasteiger partial charge in [-0.2, -0.15) is 0 Å². The average Bonchev–Trinajstić information content (AvgIpc) is 3.60. The highest BCUT2D eigenvalue weighted by molar-refractivity contribution is 5.97. The van der Waals surface area contributed by atoms with Crippen molar-refractivity contribution in [1.82, 2.24) is 14.5 Å². The molecule has 0 bridgehead atoms. The SMILES string of the molecule is Cc1cc(-c2ccccc2)cc(-n2c(-c3cc(C(C)(C)C)cc(C(C)(C)C)c3O)nc3c(-c4cc(-c5cc(-c6ccccc6)ccn5)cc(C(C)(C)C)c4)cccc32)c1. The van der Waals surface area contributed by atoms with Crippen molar-refractivity contribution in [1.29, 1.82) is 0 Å². The number of pyridine rings is 1. The lowest BCUT2D eigenvalue weighted by atomic mass is 9.79. The van der Waals surface area contributed by atoms with Gasteiger partial charge in [-0.05, 0) is 116 Å². The van der Waals surface area contributed by atoms with E-state index in [9.17, 15) is 5.11 Å². The van der Waals surface area contributed by atoms with Gasteiger partial charge in [0.15, 0.2) is 0 Å². The third-order valence-electron chi connectivity index (χ3n) is 11.4. The van der Waals surface area contributed by atoms with Crippen LogP contribution in [-0.4, -0.2) is 19.6 Å². The van der Waals surface area contributed by atoms with Gasteiger partial charge in [0.05, 0.1) is 22.3 Å². The van der Waals surface area contributed by atoms with Gasteiger partial charge >= 0.3 is 0 Å². The number of aryl methyl sites for hydroxylation is 1.